The normalized spacial score (nSPS) is 11.7. The van der Waals surface area contributed by atoms with Gasteiger partial charge in [-0.05, 0) is 38.1 Å². The second-order valence-electron chi connectivity index (χ2n) is 4.05. The van der Waals surface area contributed by atoms with E-state index in [1.165, 1.54) is 4.90 Å². The maximum absolute atomic E-state index is 3.55. The Kier molecular flexibility index (Phi) is 8.24. The molecule has 1 N–H and O–H groups in total. The van der Waals surface area contributed by atoms with E-state index in [1.54, 1.807) is 0 Å². The molecule has 1 aromatic rings. The maximum atomic E-state index is 3.55. The minimum Gasteiger partial charge on any atom is -0.312 e. The Morgan fingerprint density at radius 1 is 1.44 bits per heavy atom. The summed E-state index contributed by atoms with van der Waals surface area (Å²) in [4.78, 5) is 1.30. The van der Waals surface area contributed by atoms with Crippen LogP contribution < -0.4 is 5.32 Å². The highest BCUT2D eigenvalue weighted by Gasteiger charge is 2.07. The van der Waals surface area contributed by atoms with Crippen LogP contribution in [0.15, 0.2) is 33.6 Å². The molecule has 1 unspecified atom stereocenters. The summed E-state index contributed by atoms with van der Waals surface area (Å²) in [6.07, 6.45) is 2.09. The summed E-state index contributed by atoms with van der Waals surface area (Å²) < 4.78 is 1.14. The molecular formula is C15H20BrNS. The number of nitrogens with one attached hydrogen (secondary N) is 1. The standard InChI is InChI=1S/C15H20BrNS/c1-3-5-8-14(17-10-4-2)12-18-15-9-6-7-13(16)11-15/h6-7,9,11,14,17H,4,8,10,12H2,1-2H3. The molecule has 0 heterocycles. The molecule has 18 heavy (non-hydrogen) atoms. The largest absolute Gasteiger partial charge is 0.312 e. The molecule has 0 aliphatic heterocycles. The van der Waals surface area contributed by atoms with Gasteiger partial charge in [0.2, 0.25) is 0 Å². The third kappa shape index (κ3) is 6.49. The molecule has 0 radical (unpaired) electrons. The van der Waals surface area contributed by atoms with Crippen LogP contribution in [0.4, 0.5) is 0 Å². The van der Waals surface area contributed by atoms with E-state index in [0.29, 0.717) is 6.04 Å². The zero-order chi connectivity index (χ0) is 13.2. The maximum Gasteiger partial charge on any atom is 0.0271 e. The molecule has 1 aromatic carbocycles. The van der Waals surface area contributed by atoms with Crippen molar-refractivity contribution in [2.24, 2.45) is 0 Å². The van der Waals surface area contributed by atoms with Crippen molar-refractivity contribution in [3.05, 3.63) is 28.7 Å². The summed E-state index contributed by atoms with van der Waals surface area (Å²) >= 11 is 5.39. The van der Waals surface area contributed by atoms with E-state index in [-0.39, 0.29) is 0 Å². The lowest BCUT2D eigenvalue weighted by Crippen LogP contribution is -2.31. The number of hydrogen-bond donors (Lipinski definition) is 1. The lowest BCUT2D eigenvalue weighted by atomic mass is 10.2. The van der Waals surface area contributed by atoms with Crippen molar-refractivity contribution >= 4 is 27.7 Å². The quantitative estimate of drug-likeness (QED) is 0.591. The van der Waals surface area contributed by atoms with Crippen molar-refractivity contribution in [2.75, 3.05) is 12.3 Å². The Morgan fingerprint density at radius 2 is 2.28 bits per heavy atom. The van der Waals surface area contributed by atoms with Gasteiger partial charge in [0, 0.05) is 27.6 Å². The van der Waals surface area contributed by atoms with Crippen molar-refractivity contribution in [2.45, 2.75) is 37.6 Å². The first-order valence-corrected chi connectivity index (χ1v) is 8.05. The summed E-state index contributed by atoms with van der Waals surface area (Å²) in [6, 6.07) is 8.92. The Bertz CT molecular complexity index is 408. The Morgan fingerprint density at radius 3 is 2.94 bits per heavy atom. The molecule has 0 spiro atoms. The Labute approximate surface area is 123 Å². The van der Waals surface area contributed by atoms with Crippen LogP contribution in [0.2, 0.25) is 0 Å². The van der Waals surface area contributed by atoms with E-state index in [9.17, 15) is 0 Å². The number of thioether (sulfide) groups is 1. The Balaban J connectivity index is 2.46. The highest BCUT2D eigenvalue weighted by Crippen LogP contribution is 2.22. The third-order valence-electron chi connectivity index (χ3n) is 2.46. The van der Waals surface area contributed by atoms with E-state index < -0.39 is 0 Å². The number of halogens is 1. The number of benzene rings is 1. The molecule has 3 heteroatoms. The van der Waals surface area contributed by atoms with Gasteiger partial charge in [0.15, 0.2) is 0 Å². The number of rotatable bonds is 7. The molecular weight excluding hydrogens is 306 g/mol. The predicted molar refractivity (Wildman–Crippen MR) is 85.0 cm³/mol. The molecule has 0 aliphatic rings. The summed E-state index contributed by atoms with van der Waals surface area (Å²) in [5.41, 5.74) is 0. The van der Waals surface area contributed by atoms with Crippen molar-refractivity contribution < 1.29 is 0 Å². The van der Waals surface area contributed by atoms with Crippen molar-refractivity contribution in [3.8, 4) is 11.8 Å². The molecule has 1 rings (SSSR count). The lowest BCUT2D eigenvalue weighted by molar-refractivity contribution is 0.563. The molecule has 0 saturated heterocycles. The van der Waals surface area contributed by atoms with Crippen LogP contribution in [0, 0.1) is 11.8 Å². The average molecular weight is 326 g/mol. The van der Waals surface area contributed by atoms with Gasteiger partial charge in [0.05, 0.1) is 0 Å². The van der Waals surface area contributed by atoms with Crippen LogP contribution in [0.25, 0.3) is 0 Å². The van der Waals surface area contributed by atoms with Gasteiger partial charge >= 0.3 is 0 Å². The van der Waals surface area contributed by atoms with E-state index in [4.69, 9.17) is 0 Å². The summed E-state index contributed by atoms with van der Waals surface area (Å²) in [6.45, 7) is 5.16. The molecule has 0 saturated carbocycles. The van der Waals surface area contributed by atoms with E-state index in [0.717, 1.165) is 29.6 Å². The molecule has 1 atom stereocenters. The fourth-order valence-corrected chi connectivity index (χ4v) is 3.08. The van der Waals surface area contributed by atoms with Crippen molar-refractivity contribution in [1.82, 2.24) is 5.32 Å². The Hall–Kier alpha value is -0.430. The topological polar surface area (TPSA) is 12.0 Å². The van der Waals surface area contributed by atoms with E-state index in [1.807, 2.05) is 18.7 Å². The van der Waals surface area contributed by atoms with Crippen LogP contribution in [0.1, 0.15) is 26.7 Å². The highest BCUT2D eigenvalue weighted by molar-refractivity contribution is 9.10. The van der Waals surface area contributed by atoms with Crippen LogP contribution in [-0.2, 0) is 0 Å². The third-order valence-corrected chi connectivity index (χ3v) is 4.11. The molecule has 0 fully saturated rings. The van der Waals surface area contributed by atoms with Gasteiger partial charge in [0.1, 0.15) is 0 Å². The SMILES string of the molecule is CC#CCC(CSc1cccc(Br)c1)NCCC. The zero-order valence-corrected chi connectivity index (χ0v) is 13.4. The van der Waals surface area contributed by atoms with Gasteiger partial charge in [-0.3, -0.25) is 0 Å². The fraction of sp³-hybridized carbons (Fsp3) is 0.467. The van der Waals surface area contributed by atoms with Crippen molar-refractivity contribution in [1.29, 1.82) is 0 Å². The molecule has 0 amide bonds. The zero-order valence-electron chi connectivity index (χ0n) is 11.0. The molecule has 0 bridgehead atoms. The fourth-order valence-electron chi connectivity index (χ4n) is 1.52. The summed E-state index contributed by atoms with van der Waals surface area (Å²) in [5, 5.41) is 3.55. The van der Waals surface area contributed by atoms with Crippen LogP contribution in [0.5, 0.6) is 0 Å². The van der Waals surface area contributed by atoms with Crippen molar-refractivity contribution in [3.63, 3.8) is 0 Å². The molecule has 98 valence electrons. The van der Waals surface area contributed by atoms with Crippen LogP contribution in [0.3, 0.4) is 0 Å². The molecule has 0 aromatic heterocycles. The van der Waals surface area contributed by atoms with E-state index in [2.05, 4.69) is 64.3 Å². The average Bonchev–Trinajstić information content (AvgIpc) is 2.38. The van der Waals surface area contributed by atoms with Crippen LogP contribution in [-0.4, -0.2) is 18.3 Å². The monoisotopic (exact) mass is 325 g/mol. The van der Waals surface area contributed by atoms with Gasteiger partial charge in [-0.1, -0.05) is 28.9 Å². The lowest BCUT2D eigenvalue weighted by Gasteiger charge is -2.15. The van der Waals surface area contributed by atoms with E-state index >= 15 is 0 Å². The first-order chi connectivity index (χ1) is 8.76. The smallest absolute Gasteiger partial charge is 0.0271 e. The second-order valence-corrected chi connectivity index (χ2v) is 6.06. The predicted octanol–water partition coefficient (Wildman–Crippen LogP) is 4.32. The summed E-state index contributed by atoms with van der Waals surface area (Å²) in [5.74, 6) is 7.21. The second kappa shape index (κ2) is 9.49. The van der Waals surface area contributed by atoms with Crippen LogP contribution >= 0.6 is 27.7 Å². The molecule has 1 nitrogen and oxygen atoms in total. The summed E-state index contributed by atoms with van der Waals surface area (Å²) in [7, 11) is 0. The van der Waals surface area contributed by atoms with Gasteiger partial charge in [0.25, 0.3) is 0 Å². The minimum absolute atomic E-state index is 0.474. The van der Waals surface area contributed by atoms with Gasteiger partial charge in [-0.25, -0.2) is 0 Å². The van der Waals surface area contributed by atoms with Gasteiger partial charge in [-0.15, -0.1) is 23.6 Å². The highest BCUT2D eigenvalue weighted by atomic mass is 79.9. The first-order valence-electron chi connectivity index (χ1n) is 6.27. The minimum atomic E-state index is 0.474. The first kappa shape index (κ1) is 15.6. The van der Waals surface area contributed by atoms with Gasteiger partial charge < -0.3 is 5.32 Å². The molecule has 0 aliphatic carbocycles. The van der Waals surface area contributed by atoms with Gasteiger partial charge in [-0.2, -0.15) is 0 Å². The number of hydrogen-bond acceptors (Lipinski definition) is 2.